The van der Waals surface area contributed by atoms with Crippen LogP contribution in [0.25, 0.3) is 22.4 Å². The van der Waals surface area contributed by atoms with E-state index < -0.39 is 14.8 Å². The van der Waals surface area contributed by atoms with Gasteiger partial charge in [-0.2, -0.15) is 0 Å². The first-order chi connectivity index (χ1) is 12.9. The molecule has 2 aromatic heterocycles. The van der Waals surface area contributed by atoms with Crippen molar-refractivity contribution in [1.29, 1.82) is 0 Å². The van der Waals surface area contributed by atoms with Crippen molar-refractivity contribution in [3.05, 3.63) is 82.6 Å². The van der Waals surface area contributed by atoms with E-state index in [-0.39, 0.29) is 16.3 Å². The quantitative estimate of drug-likeness (QED) is 0.409. The lowest BCUT2D eigenvalue weighted by Gasteiger charge is -2.06. The van der Waals surface area contributed by atoms with E-state index in [0.29, 0.717) is 27.9 Å². The van der Waals surface area contributed by atoms with E-state index in [4.69, 9.17) is 4.42 Å². The number of rotatable bonds is 5. The molecule has 8 heteroatoms. The minimum atomic E-state index is -3.81. The van der Waals surface area contributed by atoms with Crippen molar-refractivity contribution in [3.8, 4) is 11.5 Å². The number of fused-ring (bicyclic) bond motifs is 1. The fourth-order valence-corrected chi connectivity index (χ4v) is 4.58. The molecule has 2 heterocycles. The van der Waals surface area contributed by atoms with Crippen molar-refractivity contribution in [1.82, 2.24) is 4.98 Å². The molecule has 2 aromatic carbocycles. The molecule has 0 spiro atoms. The first kappa shape index (κ1) is 17.0. The predicted molar refractivity (Wildman–Crippen MR) is 100.0 cm³/mol. The van der Waals surface area contributed by atoms with Crippen LogP contribution >= 0.6 is 0 Å². The van der Waals surface area contributed by atoms with E-state index >= 15 is 0 Å². The molecular formula is C19H14N2O5S. The van der Waals surface area contributed by atoms with Gasteiger partial charge in [-0.3, -0.25) is 10.1 Å². The van der Waals surface area contributed by atoms with Crippen molar-refractivity contribution >= 4 is 26.4 Å². The van der Waals surface area contributed by atoms with Crippen LogP contribution in [0.15, 0.2) is 76.2 Å². The molecule has 0 aliphatic rings. The third-order valence-electron chi connectivity index (χ3n) is 4.22. The molecule has 0 saturated heterocycles. The fourth-order valence-electron chi connectivity index (χ4n) is 2.99. The molecule has 4 aromatic rings. The second kappa shape index (κ2) is 6.40. The first-order valence-electron chi connectivity index (χ1n) is 8.06. The number of nitrogens with zero attached hydrogens (tertiary/aromatic N) is 1. The topological polar surface area (TPSA) is 106 Å². The molecule has 136 valence electrons. The second-order valence-corrected chi connectivity index (χ2v) is 8.03. The Morgan fingerprint density at radius 3 is 2.48 bits per heavy atom. The van der Waals surface area contributed by atoms with E-state index in [1.807, 2.05) is 0 Å². The smallest absolute Gasteiger partial charge is 0.272 e. The monoisotopic (exact) mass is 382 g/mol. The number of H-pyrrole nitrogens is 1. The highest BCUT2D eigenvalue weighted by Gasteiger charge is 2.24. The molecule has 0 bridgehead atoms. The molecule has 7 nitrogen and oxygen atoms in total. The molecule has 0 amide bonds. The summed E-state index contributed by atoms with van der Waals surface area (Å²) in [7, 11) is -3.81. The number of nitro benzene ring substituents is 1. The molecular weight excluding hydrogens is 368 g/mol. The molecule has 27 heavy (non-hydrogen) atoms. The number of hydrogen-bond donors (Lipinski definition) is 1. The first-order valence-corrected chi connectivity index (χ1v) is 9.71. The summed E-state index contributed by atoms with van der Waals surface area (Å²) >= 11 is 0. The van der Waals surface area contributed by atoms with Crippen LogP contribution in [0.4, 0.5) is 5.69 Å². The van der Waals surface area contributed by atoms with Gasteiger partial charge in [0.15, 0.2) is 9.84 Å². The lowest BCUT2D eigenvalue weighted by molar-refractivity contribution is -0.384. The number of hydrogen-bond acceptors (Lipinski definition) is 5. The van der Waals surface area contributed by atoms with Crippen molar-refractivity contribution < 1.29 is 17.8 Å². The number of sulfone groups is 1. The van der Waals surface area contributed by atoms with Gasteiger partial charge < -0.3 is 9.40 Å². The van der Waals surface area contributed by atoms with E-state index in [1.54, 1.807) is 48.5 Å². The number of aromatic nitrogens is 1. The number of nitrogens with one attached hydrogen (secondary N) is 1. The van der Waals surface area contributed by atoms with Crippen molar-refractivity contribution in [3.63, 3.8) is 0 Å². The van der Waals surface area contributed by atoms with E-state index in [2.05, 4.69) is 4.98 Å². The summed E-state index contributed by atoms with van der Waals surface area (Å²) in [5.41, 5.74) is 1.23. The predicted octanol–water partition coefficient (Wildman–Crippen LogP) is 4.31. The Morgan fingerprint density at radius 1 is 1.04 bits per heavy atom. The Bertz CT molecular complexity index is 1230. The van der Waals surface area contributed by atoms with Crippen LogP contribution < -0.4 is 0 Å². The molecule has 0 radical (unpaired) electrons. The number of nitro groups is 1. The average molecular weight is 382 g/mol. The Hall–Kier alpha value is -3.39. The summed E-state index contributed by atoms with van der Waals surface area (Å²) in [6.07, 6.45) is 1.50. The zero-order chi connectivity index (χ0) is 19.0. The molecule has 0 aliphatic carbocycles. The van der Waals surface area contributed by atoms with Crippen LogP contribution in [0, 0.1) is 10.1 Å². The van der Waals surface area contributed by atoms with E-state index in [0.717, 1.165) is 6.07 Å². The minimum absolute atomic E-state index is 0.0791. The highest BCUT2D eigenvalue weighted by molar-refractivity contribution is 7.90. The van der Waals surface area contributed by atoms with Crippen molar-refractivity contribution in [2.75, 3.05) is 0 Å². The van der Waals surface area contributed by atoms with Crippen LogP contribution in [0.1, 0.15) is 5.56 Å². The Balaban J connectivity index is 1.91. The van der Waals surface area contributed by atoms with Crippen LogP contribution in [-0.4, -0.2) is 18.3 Å². The second-order valence-electron chi connectivity index (χ2n) is 6.07. The summed E-state index contributed by atoms with van der Waals surface area (Å²) in [6, 6.07) is 16.2. The Kier molecular flexibility index (Phi) is 4.04. The number of aromatic amines is 1. The zero-order valence-electron chi connectivity index (χ0n) is 14.0. The lowest BCUT2D eigenvalue weighted by atomic mass is 10.2. The molecule has 0 unspecified atom stereocenters. The molecule has 4 rings (SSSR count). The Morgan fingerprint density at radius 2 is 1.81 bits per heavy atom. The summed E-state index contributed by atoms with van der Waals surface area (Å²) < 4.78 is 31.4. The van der Waals surface area contributed by atoms with Crippen LogP contribution in [0.5, 0.6) is 0 Å². The normalized spacial score (nSPS) is 11.7. The van der Waals surface area contributed by atoms with Crippen LogP contribution in [0.3, 0.4) is 0 Å². The molecule has 0 fully saturated rings. The summed E-state index contributed by atoms with van der Waals surface area (Å²) in [6.45, 7) is 0. The zero-order valence-corrected chi connectivity index (χ0v) is 14.8. The minimum Gasteiger partial charge on any atom is -0.463 e. The molecule has 0 aliphatic heterocycles. The third kappa shape index (κ3) is 3.22. The van der Waals surface area contributed by atoms with Gasteiger partial charge in [0.2, 0.25) is 0 Å². The summed E-state index contributed by atoms with van der Waals surface area (Å²) in [4.78, 5) is 13.6. The van der Waals surface area contributed by atoms with Gasteiger partial charge in [-0.05, 0) is 23.8 Å². The SMILES string of the molecule is O=[N+]([O-])c1cc(S(=O)(=O)Cc2ccccc2)c2cc(-c3ccco3)[nH]c2c1. The number of furan rings is 1. The van der Waals surface area contributed by atoms with E-state index in [1.165, 1.54) is 12.3 Å². The summed E-state index contributed by atoms with van der Waals surface area (Å²) in [5.74, 6) is 0.269. The van der Waals surface area contributed by atoms with Crippen LogP contribution in [-0.2, 0) is 15.6 Å². The molecule has 0 saturated carbocycles. The maximum atomic E-state index is 13.0. The largest absolute Gasteiger partial charge is 0.463 e. The van der Waals surface area contributed by atoms with Gasteiger partial charge in [0.25, 0.3) is 5.69 Å². The van der Waals surface area contributed by atoms with Crippen LogP contribution in [0.2, 0.25) is 0 Å². The highest BCUT2D eigenvalue weighted by atomic mass is 32.2. The van der Waals surface area contributed by atoms with Crippen molar-refractivity contribution in [2.45, 2.75) is 10.6 Å². The molecule has 0 atom stereocenters. The standard InChI is InChI=1S/C19H14N2O5S/c22-21(23)14-9-16-15(11-17(20-16)18-7-4-8-26-18)19(10-14)27(24,25)12-13-5-2-1-3-6-13/h1-11,20H,12H2. The van der Waals surface area contributed by atoms with Gasteiger partial charge in [-0.15, -0.1) is 0 Å². The lowest BCUT2D eigenvalue weighted by Crippen LogP contribution is -2.06. The van der Waals surface area contributed by atoms with Crippen molar-refractivity contribution in [2.24, 2.45) is 0 Å². The van der Waals surface area contributed by atoms with Gasteiger partial charge >= 0.3 is 0 Å². The Labute approximate surface area is 154 Å². The van der Waals surface area contributed by atoms with Gasteiger partial charge in [-0.25, -0.2) is 8.42 Å². The van der Waals surface area contributed by atoms with Gasteiger partial charge in [-0.1, -0.05) is 30.3 Å². The maximum Gasteiger partial charge on any atom is 0.272 e. The highest BCUT2D eigenvalue weighted by Crippen LogP contribution is 2.34. The fraction of sp³-hybridized carbons (Fsp3) is 0.0526. The summed E-state index contributed by atoms with van der Waals surface area (Å²) in [5, 5.41) is 11.7. The van der Waals surface area contributed by atoms with Gasteiger partial charge in [0.1, 0.15) is 5.76 Å². The average Bonchev–Trinajstić information content (AvgIpc) is 3.30. The number of non-ortho nitro benzene ring substituents is 1. The van der Waals surface area contributed by atoms with Gasteiger partial charge in [0, 0.05) is 17.5 Å². The van der Waals surface area contributed by atoms with Gasteiger partial charge in [0.05, 0.1) is 33.0 Å². The van der Waals surface area contributed by atoms with E-state index in [9.17, 15) is 18.5 Å². The number of benzene rings is 2. The molecule has 1 N–H and O–H groups in total. The maximum absolute atomic E-state index is 13.0. The third-order valence-corrected chi connectivity index (χ3v) is 5.94.